The van der Waals surface area contributed by atoms with Crippen LogP contribution in [0.15, 0.2) is 48.5 Å². The third-order valence-corrected chi connectivity index (χ3v) is 9.56. The molecular weight excluding hydrogens is 516 g/mol. The fourth-order valence-corrected chi connectivity index (χ4v) is 6.60. The molecule has 0 amide bonds. The molecule has 0 heterocycles. The number of hydrogen-bond donors (Lipinski definition) is 0. The van der Waals surface area contributed by atoms with E-state index in [0.29, 0.717) is 11.5 Å². The van der Waals surface area contributed by atoms with E-state index in [9.17, 15) is 0 Å². The molecule has 0 bridgehead atoms. The minimum absolute atomic E-state index is 0.0205. The van der Waals surface area contributed by atoms with E-state index in [4.69, 9.17) is 20.0 Å². The maximum atomic E-state index is 9.02. The van der Waals surface area contributed by atoms with Crippen molar-refractivity contribution < 1.29 is 9.47 Å². The Hall–Kier alpha value is -2.98. The van der Waals surface area contributed by atoms with E-state index < -0.39 is 0 Å². The molecule has 0 atom stereocenters. The van der Waals surface area contributed by atoms with Gasteiger partial charge in [0.05, 0.1) is 0 Å². The number of benzene rings is 2. The summed E-state index contributed by atoms with van der Waals surface area (Å²) < 4.78 is 10.2. The van der Waals surface area contributed by atoms with Gasteiger partial charge in [-0.1, -0.05) is 155 Å². The fraction of sp³-hybridized carbons (Fsp3) is 0.632. The molecule has 2 aromatic carbocycles. The molecule has 2 aromatic rings. The Bertz CT molecular complexity index is 983. The number of nitrogens with zero attached hydrogens (tertiary/aromatic N) is 2. The van der Waals surface area contributed by atoms with Crippen molar-refractivity contribution in [2.45, 2.75) is 149 Å². The van der Waals surface area contributed by atoms with E-state index in [1.54, 1.807) is 12.5 Å². The summed E-state index contributed by atoms with van der Waals surface area (Å²) in [6.07, 6.45) is 26.9. The van der Waals surface area contributed by atoms with Crippen LogP contribution in [-0.2, 0) is 5.41 Å². The van der Waals surface area contributed by atoms with E-state index in [0.717, 1.165) is 12.8 Å². The van der Waals surface area contributed by atoms with Crippen LogP contribution in [0.4, 0.5) is 0 Å². The predicted octanol–water partition coefficient (Wildman–Crippen LogP) is 11.8. The van der Waals surface area contributed by atoms with E-state index in [1.165, 1.54) is 114 Å². The van der Waals surface area contributed by atoms with Gasteiger partial charge >= 0.3 is 0 Å². The molecular formula is C38H56N2O2. The average Bonchev–Trinajstić information content (AvgIpc) is 3.00. The van der Waals surface area contributed by atoms with Crippen molar-refractivity contribution >= 4 is 0 Å². The van der Waals surface area contributed by atoms with Gasteiger partial charge in [0.15, 0.2) is 0 Å². The fourth-order valence-electron chi connectivity index (χ4n) is 6.60. The minimum Gasteiger partial charge on any atom is -0.388 e. The van der Waals surface area contributed by atoms with Crippen molar-refractivity contribution in [3.8, 4) is 24.0 Å². The largest absolute Gasteiger partial charge is 0.388 e. The number of unbranched alkanes of at least 4 members (excludes halogenated alkanes) is 14. The molecule has 0 N–H and O–H groups in total. The van der Waals surface area contributed by atoms with Crippen molar-refractivity contribution in [1.29, 1.82) is 10.5 Å². The van der Waals surface area contributed by atoms with Crippen molar-refractivity contribution in [2.24, 2.45) is 5.41 Å². The molecule has 2 rings (SSSR count). The Kier molecular flexibility index (Phi) is 16.8. The molecule has 230 valence electrons. The Morgan fingerprint density at radius 1 is 0.500 bits per heavy atom. The third kappa shape index (κ3) is 11.0. The maximum absolute atomic E-state index is 9.02. The SMILES string of the molecule is CCCCCCCCCCC(C)(CCCCCCCCCC)C(C)(c1ccc(OC#N)cc1)c1ccc(OC#N)cc1. The van der Waals surface area contributed by atoms with Crippen molar-refractivity contribution in [3.05, 3.63) is 59.7 Å². The Morgan fingerprint density at radius 2 is 0.810 bits per heavy atom. The van der Waals surface area contributed by atoms with Crippen LogP contribution < -0.4 is 9.47 Å². The monoisotopic (exact) mass is 572 g/mol. The summed E-state index contributed by atoms with van der Waals surface area (Å²) in [5.41, 5.74) is 2.20. The van der Waals surface area contributed by atoms with Gasteiger partial charge in [0.1, 0.15) is 11.5 Å². The molecule has 0 aliphatic rings. The van der Waals surface area contributed by atoms with Crippen LogP contribution in [-0.4, -0.2) is 0 Å². The van der Waals surface area contributed by atoms with Crippen LogP contribution in [0.1, 0.15) is 154 Å². The zero-order valence-electron chi connectivity index (χ0n) is 27.1. The standard InChI is InChI=1S/C38H56N2O2/c1-5-7-9-11-13-15-17-19-29-37(3,30-20-18-16-14-12-10-8-6-2)38(4,33-21-25-35(26-22-33)41-31-39)34-23-27-36(28-24-34)42-32-40/h21-28H,5-20,29-30H2,1-4H3. The highest BCUT2D eigenvalue weighted by molar-refractivity contribution is 5.45. The second-order valence-electron chi connectivity index (χ2n) is 12.6. The second kappa shape index (κ2) is 20.0. The molecule has 0 aromatic heterocycles. The van der Waals surface area contributed by atoms with Crippen LogP contribution in [0.25, 0.3) is 0 Å². The number of hydrogen-bond acceptors (Lipinski definition) is 4. The summed E-state index contributed by atoms with van der Waals surface area (Å²) in [5, 5.41) is 18.0. The Morgan fingerprint density at radius 3 is 1.12 bits per heavy atom. The lowest BCUT2D eigenvalue weighted by molar-refractivity contribution is 0.146. The normalized spacial score (nSPS) is 11.6. The first-order chi connectivity index (χ1) is 20.4. The van der Waals surface area contributed by atoms with Gasteiger partial charge in [-0.05, 0) is 53.6 Å². The molecule has 42 heavy (non-hydrogen) atoms. The van der Waals surface area contributed by atoms with Crippen LogP contribution in [0.2, 0.25) is 0 Å². The summed E-state index contributed by atoms with van der Waals surface area (Å²) in [5.74, 6) is 1.13. The number of ether oxygens (including phenoxy) is 2. The van der Waals surface area contributed by atoms with Crippen molar-refractivity contribution in [3.63, 3.8) is 0 Å². The molecule has 4 heteroatoms. The summed E-state index contributed by atoms with van der Waals surface area (Å²) in [6.45, 7) is 9.44. The van der Waals surface area contributed by atoms with Crippen LogP contribution in [0, 0.1) is 28.4 Å². The van der Waals surface area contributed by atoms with E-state index in [-0.39, 0.29) is 10.8 Å². The van der Waals surface area contributed by atoms with Crippen LogP contribution in [0.5, 0.6) is 11.5 Å². The van der Waals surface area contributed by atoms with Gasteiger partial charge in [0.2, 0.25) is 0 Å². The van der Waals surface area contributed by atoms with Crippen LogP contribution >= 0.6 is 0 Å². The molecule has 0 aliphatic heterocycles. The Balaban J connectivity index is 2.31. The highest BCUT2D eigenvalue weighted by Gasteiger charge is 2.46. The molecule has 0 fully saturated rings. The lowest BCUT2D eigenvalue weighted by Crippen LogP contribution is -2.42. The number of rotatable bonds is 23. The summed E-state index contributed by atoms with van der Waals surface area (Å²) in [6, 6.07) is 16.2. The predicted molar refractivity (Wildman–Crippen MR) is 174 cm³/mol. The van der Waals surface area contributed by atoms with Gasteiger partial charge in [-0.15, -0.1) is 10.5 Å². The van der Waals surface area contributed by atoms with Gasteiger partial charge in [-0.2, -0.15) is 0 Å². The summed E-state index contributed by atoms with van der Waals surface area (Å²) >= 11 is 0. The zero-order chi connectivity index (χ0) is 30.5. The maximum Gasteiger partial charge on any atom is 0.292 e. The smallest absolute Gasteiger partial charge is 0.292 e. The van der Waals surface area contributed by atoms with Gasteiger partial charge in [0, 0.05) is 5.41 Å². The molecule has 0 aliphatic carbocycles. The molecule has 0 radical (unpaired) electrons. The molecule has 4 nitrogen and oxygen atoms in total. The highest BCUT2D eigenvalue weighted by atomic mass is 16.5. The molecule has 0 spiro atoms. The molecule has 0 saturated heterocycles. The van der Waals surface area contributed by atoms with Crippen LogP contribution in [0.3, 0.4) is 0 Å². The molecule has 0 saturated carbocycles. The third-order valence-electron chi connectivity index (χ3n) is 9.56. The van der Waals surface area contributed by atoms with Gasteiger partial charge in [0.25, 0.3) is 12.5 Å². The first kappa shape index (κ1) is 35.2. The first-order valence-corrected chi connectivity index (χ1v) is 16.8. The minimum atomic E-state index is -0.272. The lowest BCUT2D eigenvalue weighted by Gasteiger charge is -2.48. The van der Waals surface area contributed by atoms with Gasteiger partial charge in [-0.3, -0.25) is 0 Å². The summed E-state index contributed by atoms with van der Waals surface area (Å²) in [7, 11) is 0. The highest BCUT2D eigenvalue weighted by Crippen LogP contribution is 2.53. The second-order valence-corrected chi connectivity index (χ2v) is 12.6. The number of nitriles is 2. The van der Waals surface area contributed by atoms with E-state index in [2.05, 4.69) is 52.0 Å². The lowest BCUT2D eigenvalue weighted by atomic mass is 9.55. The Labute approximate surface area is 257 Å². The zero-order valence-corrected chi connectivity index (χ0v) is 27.1. The molecule has 0 unspecified atom stereocenters. The first-order valence-electron chi connectivity index (χ1n) is 16.8. The van der Waals surface area contributed by atoms with Crippen molar-refractivity contribution in [2.75, 3.05) is 0 Å². The quantitative estimate of drug-likeness (QED) is 0.0981. The van der Waals surface area contributed by atoms with Crippen molar-refractivity contribution in [1.82, 2.24) is 0 Å². The van der Waals surface area contributed by atoms with E-state index in [1.807, 2.05) is 24.3 Å². The average molecular weight is 573 g/mol. The topological polar surface area (TPSA) is 66.0 Å². The van der Waals surface area contributed by atoms with Gasteiger partial charge in [-0.25, -0.2) is 0 Å². The van der Waals surface area contributed by atoms with E-state index >= 15 is 0 Å². The summed E-state index contributed by atoms with van der Waals surface area (Å²) in [4.78, 5) is 0. The van der Waals surface area contributed by atoms with Gasteiger partial charge < -0.3 is 9.47 Å².